The van der Waals surface area contributed by atoms with Gasteiger partial charge in [-0.15, -0.1) is 0 Å². The summed E-state index contributed by atoms with van der Waals surface area (Å²) in [5.41, 5.74) is 0.468. The predicted molar refractivity (Wildman–Crippen MR) is 83.7 cm³/mol. The Morgan fingerprint density at radius 2 is 1.65 bits per heavy atom. The highest BCUT2D eigenvalue weighted by Gasteiger charge is 2.19. The fourth-order valence-electron chi connectivity index (χ4n) is 1.69. The molecule has 0 aliphatic carbocycles. The van der Waals surface area contributed by atoms with Crippen LogP contribution in [0.3, 0.4) is 0 Å². The molecule has 0 saturated carbocycles. The number of benzene rings is 2. The van der Waals surface area contributed by atoms with Crippen LogP contribution < -0.4 is 14.2 Å². The molecule has 0 bridgehead atoms. The van der Waals surface area contributed by atoms with E-state index in [0.29, 0.717) is 17.1 Å². The fourth-order valence-corrected chi connectivity index (χ4v) is 2.34. The summed E-state index contributed by atoms with van der Waals surface area (Å²) < 4.78 is 16.8. The number of hydrogen-bond acceptors (Lipinski definition) is 4. The zero-order chi connectivity index (χ0) is 14.5. The summed E-state index contributed by atoms with van der Waals surface area (Å²) in [7, 11) is 3.04. The van der Waals surface area contributed by atoms with Crippen molar-refractivity contribution < 1.29 is 19.0 Å². The van der Waals surface area contributed by atoms with Crippen molar-refractivity contribution in [2.75, 3.05) is 14.2 Å². The first-order valence-electron chi connectivity index (χ1n) is 5.85. The van der Waals surface area contributed by atoms with Crippen LogP contribution in [0.5, 0.6) is 17.2 Å². The van der Waals surface area contributed by atoms with Crippen molar-refractivity contribution in [1.29, 1.82) is 0 Å². The van der Waals surface area contributed by atoms with Gasteiger partial charge in [-0.3, -0.25) is 0 Å². The molecule has 5 heteroatoms. The summed E-state index contributed by atoms with van der Waals surface area (Å²) in [6.07, 6.45) is 0. The van der Waals surface area contributed by atoms with Gasteiger partial charge in [-0.25, -0.2) is 4.79 Å². The second-order valence-corrected chi connectivity index (χ2v) is 5.03. The van der Waals surface area contributed by atoms with Crippen LogP contribution in [0.1, 0.15) is 10.4 Å². The minimum atomic E-state index is -0.454. The lowest BCUT2D eigenvalue weighted by Crippen LogP contribution is -2.10. The van der Waals surface area contributed by atoms with E-state index in [1.807, 2.05) is 12.1 Å². The van der Waals surface area contributed by atoms with Crippen molar-refractivity contribution in [2.45, 2.75) is 0 Å². The van der Waals surface area contributed by atoms with Gasteiger partial charge in [-0.1, -0.05) is 18.2 Å². The number of esters is 1. The first-order chi connectivity index (χ1) is 9.67. The lowest BCUT2D eigenvalue weighted by molar-refractivity contribution is 0.0724. The molecule has 0 aliphatic rings. The summed E-state index contributed by atoms with van der Waals surface area (Å²) in [5, 5.41) is 0. The van der Waals surface area contributed by atoms with Crippen molar-refractivity contribution >= 4 is 28.6 Å². The van der Waals surface area contributed by atoms with Crippen LogP contribution in [0.15, 0.2) is 42.5 Å². The molecule has 0 N–H and O–H groups in total. The van der Waals surface area contributed by atoms with Crippen molar-refractivity contribution in [2.24, 2.45) is 0 Å². The maximum absolute atomic E-state index is 12.1. The minimum absolute atomic E-state index is 0.288. The third-order valence-corrected chi connectivity index (χ3v) is 3.51. The monoisotopic (exact) mass is 384 g/mol. The number of rotatable bonds is 4. The normalized spacial score (nSPS) is 9.95. The highest BCUT2D eigenvalue weighted by atomic mass is 127. The Kier molecular flexibility index (Phi) is 4.84. The van der Waals surface area contributed by atoms with E-state index in [4.69, 9.17) is 14.2 Å². The van der Waals surface area contributed by atoms with Gasteiger partial charge in [-0.2, -0.15) is 0 Å². The Hall–Kier alpha value is -1.76. The number of methoxy groups -OCH3 is 2. The SMILES string of the molecule is COc1ccc(I)c(OC)c1OC(=O)c1ccccc1. The van der Waals surface area contributed by atoms with Crippen LogP contribution in [0.2, 0.25) is 0 Å². The molecule has 0 spiro atoms. The standard InChI is InChI=1S/C15H13IO4/c1-18-12-9-8-11(16)13(19-2)14(12)20-15(17)10-6-4-3-5-7-10/h3-9H,1-2H3. The smallest absolute Gasteiger partial charge is 0.343 e. The third kappa shape index (κ3) is 3.04. The molecule has 2 aromatic carbocycles. The summed E-state index contributed by atoms with van der Waals surface area (Å²) in [5.74, 6) is 0.765. The van der Waals surface area contributed by atoms with Gasteiger partial charge in [0.15, 0.2) is 11.5 Å². The quantitative estimate of drug-likeness (QED) is 0.460. The van der Waals surface area contributed by atoms with E-state index in [-0.39, 0.29) is 5.75 Å². The number of carbonyl (C=O) groups excluding carboxylic acids is 1. The van der Waals surface area contributed by atoms with E-state index < -0.39 is 5.97 Å². The van der Waals surface area contributed by atoms with E-state index >= 15 is 0 Å². The van der Waals surface area contributed by atoms with Crippen molar-refractivity contribution in [3.63, 3.8) is 0 Å². The van der Waals surface area contributed by atoms with Gasteiger partial charge in [0.1, 0.15) is 0 Å². The Labute approximate surface area is 130 Å². The lowest BCUT2D eigenvalue weighted by Gasteiger charge is -2.14. The van der Waals surface area contributed by atoms with Crippen LogP contribution in [0.25, 0.3) is 0 Å². The zero-order valence-corrected chi connectivity index (χ0v) is 13.2. The van der Waals surface area contributed by atoms with Gasteiger partial charge in [0, 0.05) is 0 Å². The molecule has 0 atom stereocenters. The fraction of sp³-hybridized carbons (Fsp3) is 0.133. The highest BCUT2D eigenvalue weighted by molar-refractivity contribution is 14.1. The topological polar surface area (TPSA) is 44.8 Å². The number of carbonyl (C=O) groups is 1. The van der Waals surface area contributed by atoms with Crippen LogP contribution in [-0.2, 0) is 0 Å². The number of hydrogen-bond donors (Lipinski definition) is 0. The molecular weight excluding hydrogens is 371 g/mol. The summed E-state index contributed by atoms with van der Waals surface area (Å²) >= 11 is 2.11. The second-order valence-electron chi connectivity index (χ2n) is 3.87. The zero-order valence-electron chi connectivity index (χ0n) is 11.1. The molecule has 2 aromatic rings. The highest BCUT2D eigenvalue weighted by Crippen LogP contribution is 2.40. The van der Waals surface area contributed by atoms with E-state index in [9.17, 15) is 4.79 Å². The number of ether oxygens (including phenoxy) is 3. The first kappa shape index (κ1) is 14.6. The molecule has 0 unspecified atom stereocenters. The van der Waals surface area contributed by atoms with Gasteiger partial charge in [-0.05, 0) is 46.9 Å². The Bertz CT molecular complexity index is 611. The van der Waals surface area contributed by atoms with Crippen molar-refractivity contribution in [3.8, 4) is 17.2 Å². The van der Waals surface area contributed by atoms with Crippen LogP contribution in [-0.4, -0.2) is 20.2 Å². The van der Waals surface area contributed by atoms with Crippen molar-refractivity contribution in [3.05, 3.63) is 51.6 Å². The second kappa shape index (κ2) is 6.60. The van der Waals surface area contributed by atoms with Crippen LogP contribution in [0.4, 0.5) is 0 Å². The summed E-state index contributed by atoms with van der Waals surface area (Å²) in [6.45, 7) is 0. The average molecular weight is 384 g/mol. The lowest BCUT2D eigenvalue weighted by atomic mass is 10.2. The molecule has 0 fully saturated rings. The van der Waals surface area contributed by atoms with Crippen LogP contribution >= 0.6 is 22.6 Å². The predicted octanol–water partition coefficient (Wildman–Crippen LogP) is 3.53. The van der Waals surface area contributed by atoms with Gasteiger partial charge in [0.05, 0.1) is 23.4 Å². The third-order valence-electron chi connectivity index (χ3n) is 2.66. The Balaban J connectivity index is 2.37. The average Bonchev–Trinajstić information content (AvgIpc) is 2.48. The molecule has 0 saturated heterocycles. The molecule has 0 aromatic heterocycles. The van der Waals surface area contributed by atoms with Crippen LogP contribution in [0, 0.1) is 3.57 Å². The Morgan fingerprint density at radius 3 is 2.25 bits per heavy atom. The molecule has 104 valence electrons. The maximum atomic E-state index is 12.1. The molecule has 0 heterocycles. The molecule has 4 nitrogen and oxygen atoms in total. The minimum Gasteiger partial charge on any atom is -0.493 e. The number of halogens is 1. The van der Waals surface area contributed by atoms with Gasteiger partial charge >= 0.3 is 5.97 Å². The van der Waals surface area contributed by atoms with E-state index in [1.165, 1.54) is 14.2 Å². The van der Waals surface area contributed by atoms with Gasteiger partial charge in [0.2, 0.25) is 5.75 Å². The van der Waals surface area contributed by atoms with Gasteiger partial charge < -0.3 is 14.2 Å². The summed E-state index contributed by atoms with van der Waals surface area (Å²) in [6, 6.07) is 12.3. The Morgan fingerprint density at radius 1 is 0.950 bits per heavy atom. The molecule has 0 amide bonds. The van der Waals surface area contributed by atoms with Gasteiger partial charge in [0.25, 0.3) is 0 Å². The summed E-state index contributed by atoms with van der Waals surface area (Å²) in [4.78, 5) is 12.1. The molecular formula is C15H13IO4. The molecule has 0 aliphatic heterocycles. The first-order valence-corrected chi connectivity index (χ1v) is 6.93. The maximum Gasteiger partial charge on any atom is 0.343 e. The van der Waals surface area contributed by atoms with Crippen molar-refractivity contribution in [1.82, 2.24) is 0 Å². The van der Waals surface area contributed by atoms with E-state index in [1.54, 1.807) is 30.3 Å². The van der Waals surface area contributed by atoms with E-state index in [0.717, 1.165) is 3.57 Å². The molecule has 20 heavy (non-hydrogen) atoms. The molecule has 2 rings (SSSR count). The van der Waals surface area contributed by atoms with E-state index in [2.05, 4.69) is 22.6 Å². The largest absolute Gasteiger partial charge is 0.493 e. The molecule has 0 radical (unpaired) electrons.